The molecule has 1 fully saturated rings. The number of hydrogen-bond acceptors (Lipinski definition) is 3. The van der Waals surface area contributed by atoms with Crippen molar-refractivity contribution in [1.82, 2.24) is 14.7 Å². The Labute approximate surface area is 152 Å². The Hall–Kier alpha value is -2.70. The van der Waals surface area contributed by atoms with Crippen LogP contribution in [0.3, 0.4) is 0 Å². The number of carbonyl (C=O) groups excluding carboxylic acids is 2. The third-order valence-electron chi connectivity index (χ3n) is 5.15. The number of benzene rings is 1. The van der Waals surface area contributed by atoms with Gasteiger partial charge in [0.05, 0.1) is 29.0 Å². The maximum Gasteiger partial charge on any atom is 0.230 e. The Morgan fingerprint density at radius 2 is 2.04 bits per heavy atom. The number of aromatic nitrogens is 2. The molecule has 1 aromatic heterocycles. The first-order valence-electron chi connectivity index (χ1n) is 8.61. The molecular weight excluding hydrogens is 335 g/mol. The van der Waals surface area contributed by atoms with E-state index < -0.39 is 12.0 Å². The van der Waals surface area contributed by atoms with E-state index in [0.717, 1.165) is 11.4 Å². The smallest absolute Gasteiger partial charge is 0.230 e. The molecule has 7 heteroatoms. The molecule has 138 valence electrons. The number of amides is 2. The lowest BCUT2D eigenvalue weighted by Crippen LogP contribution is -2.44. The summed E-state index contributed by atoms with van der Waals surface area (Å²) in [6, 6.07) is 5.60. The van der Waals surface area contributed by atoms with E-state index in [0.29, 0.717) is 24.1 Å². The Balaban J connectivity index is 1.92. The van der Waals surface area contributed by atoms with Gasteiger partial charge in [0.15, 0.2) is 0 Å². The molecule has 1 aromatic carbocycles. The molecule has 2 atom stereocenters. The first-order chi connectivity index (χ1) is 12.3. The fourth-order valence-electron chi connectivity index (χ4n) is 3.63. The maximum atomic E-state index is 13.7. The van der Waals surface area contributed by atoms with Crippen molar-refractivity contribution in [2.45, 2.75) is 32.7 Å². The summed E-state index contributed by atoms with van der Waals surface area (Å²) >= 11 is 0. The molecule has 1 aliphatic rings. The minimum atomic E-state index is -0.496. The quantitative estimate of drug-likeness (QED) is 0.917. The summed E-state index contributed by atoms with van der Waals surface area (Å²) in [5.41, 5.74) is 2.91. The van der Waals surface area contributed by atoms with Crippen molar-refractivity contribution in [2.24, 2.45) is 13.0 Å². The van der Waals surface area contributed by atoms with E-state index in [1.165, 1.54) is 12.1 Å². The van der Waals surface area contributed by atoms with Crippen LogP contribution in [-0.2, 0) is 16.6 Å². The van der Waals surface area contributed by atoms with Crippen LogP contribution in [0.5, 0.6) is 0 Å². The third kappa shape index (κ3) is 3.21. The van der Waals surface area contributed by atoms with Gasteiger partial charge in [-0.3, -0.25) is 14.3 Å². The van der Waals surface area contributed by atoms with Gasteiger partial charge >= 0.3 is 0 Å². The minimum absolute atomic E-state index is 0.0444. The molecule has 0 unspecified atom stereocenters. The lowest BCUT2D eigenvalue weighted by atomic mass is 9.84. The van der Waals surface area contributed by atoms with Gasteiger partial charge in [0.2, 0.25) is 11.8 Å². The number of anilines is 1. The first kappa shape index (κ1) is 18.1. The van der Waals surface area contributed by atoms with Crippen molar-refractivity contribution in [1.29, 1.82) is 0 Å². The van der Waals surface area contributed by atoms with Gasteiger partial charge in [-0.25, -0.2) is 4.39 Å². The molecule has 0 radical (unpaired) electrons. The highest BCUT2D eigenvalue weighted by Crippen LogP contribution is 2.37. The third-order valence-corrected chi connectivity index (χ3v) is 5.15. The van der Waals surface area contributed by atoms with E-state index in [1.54, 1.807) is 28.8 Å². The SMILES string of the molecule is Cc1nn(C)c(C)c1NC(=O)[C@H]1CCC(=O)N(C)[C@@H]1c1cccc(F)c1. The Morgan fingerprint density at radius 3 is 2.65 bits per heavy atom. The van der Waals surface area contributed by atoms with Crippen LogP contribution in [0.2, 0.25) is 0 Å². The zero-order valence-electron chi connectivity index (χ0n) is 15.4. The lowest BCUT2D eigenvalue weighted by Gasteiger charge is -2.38. The molecular formula is C19H23FN4O2. The molecule has 26 heavy (non-hydrogen) atoms. The maximum absolute atomic E-state index is 13.7. The van der Waals surface area contributed by atoms with Gasteiger partial charge in [-0.2, -0.15) is 5.10 Å². The summed E-state index contributed by atoms with van der Waals surface area (Å²) in [5.74, 6) is -1.07. The topological polar surface area (TPSA) is 67.2 Å². The zero-order valence-corrected chi connectivity index (χ0v) is 15.4. The van der Waals surface area contributed by atoms with Crippen molar-refractivity contribution in [3.63, 3.8) is 0 Å². The number of likely N-dealkylation sites (tertiary alicyclic amines) is 1. The molecule has 1 saturated heterocycles. The van der Waals surface area contributed by atoms with Crippen molar-refractivity contribution in [3.05, 3.63) is 47.0 Å². The Morgan fingerprint density at radius 1 is 1.31 bits per heavy atom. The van der Waals surface area contributed by atoms with Gasteiger partial charge in [-0.1, -0.05) is 12.1 Å². The predicted octanol–water partition coefficient (Wildman–Crippen LogP) is 2.72. The number of halogens is 1. The molecule has 2 heterocycles. The normalized spacial score (nSPS) is 20.3. The highest BCUT2D eigenvalue weighted by atomic mass is 19.1. The van der Waals surface area contributed by atoms with Crippen LogP contribution < -0.4 is 5.32 Å². The molecule has 6 nitrogen and oxygen atoms in total. The molecule has 1 aliphatic heterocycles. The van der Waals surface area contributed by atoms with E-state index >= 15 is 0 Å². The number of piperidine rings is 1. The molecule has 1 N–H and O–H groups in total. The van der Waals surface area contributed by atoms with Crippen LogP contribution >= 0.6 is 0 Å². The van der Waals surface area contributed by atoms with Crippen LogP contribution in [0.1, 0.15) is 35.8 Å². The fourth-order valence-corrected chi connectivity index (χ4v) is 3.63. The highest BCUT2D eigenvalue weighted by Gasteiger charge is 2.39. The minimum Gasteiger partial charge on any atom is -0.338 e. The van der Waals surface area contributed by atoms with Gasteiger partial charge in [0.1, 0.15) is 5.82 Å². The van der Waals surface area contributed by atoms with E-state index in [1.807, 2.05) is 20.9 Å². The van der Waals surface area contributed by atoms with Gasteiger partial charge in [-0.05, 0) is 38.0 Å². The Kier molecular flexibility index (Phi) is 4.80. The summed E-state index contributed by atoms with van der Waals surface area (Å²) < 4.78 is 15.4. The van der Waals surface area contributed by atoms with Crippen molar-refractivity contribution < 1.29 is 14.0 Å². The van der Waals surface area contributed by atoms with Crippen molar-refractivity contribution in [2.75, 3.05) is 12.4 Å². The molecule has 0 spiro atoms. The number of carbonyl (C=O) groups is 2. The number of hydrogen-bond donors (Lipinski definition) is 1. The Bertz CT molecular complexity index is 861. The van der Waals surface area contributed by atoms with Crippen LogP contribution in [0.4, 0.5) is 10.1 Å². The monoisotopic (exact) mass is 358 g/mol. The van der Waals surface area contributed by atoms with Crippen molar-refractivity contribution in [3.8, 4) is 0 Å². The summed E-state index contributed by atoms with van der Waals surface area (Å²) in [5, 5.41) is 7.28. The van der Waals surface area contributed by atoms with E-state index in [4.69, 9.17) is 0 Å². The molecule has 0 aliphatic carbocycles. The molecule has 0 saturated carbocycles. The number of rotatable bonds is 3. The average molecular weight is 358 g/mol. The zero-order chi connectivity index (χ0) is 19.0. The summed E-state index contributed by atoms with van der Waals surface area (Å²) in [4.78, 5) is 26.8. The van der Waals surface area contributed by atoms with E-state index in [2.05, 4.69) is 10.4 Å². The predicted molar refractivity (Wildman–Crippen MR) is 95.9 cm³/mol. The first-order valence-corrected chi connectivity index (χ1v) is 8.61. The summed E-state index contributed by atoms with van der Waals surface area (Å²) in [7, 11) is 3.48. The van der Waals surface area contributed by atoms with Crippen LogP contribution in [0.25, 0.3) is 0 Å². The van der Waals surface area contributed by atoms with E-state index in [-0.39, 0.29) is 17.6 Å². The van der Waals surface area contributed by atoms with E-state index in [9.17, 15) is 14.0 Å². The molecule has 2 amide bonds. The van der Waals surface area contributed by atoms with Crippen LogP contribution in [-0.4, -0.2) is 33.5 Å². The van der Waals surface area contributed by atoms with Crippen LogP contribution in [0, 0.1) is 25.6 Å². The fraction of sp³-hybridized carbons (Fsp3) is 0.421. The second-order valence-corrected chi connectivity index (χ2v) is 6.81. The number of nitrogens with one attached hydrogen (secondary N) is 1. The van der Waals surface area contributed by atoms with Crippen LogP contribution in [0.15, 0.2) is 24.3 Å². The molecule has 0 bridgehead atoms. The van der Waals surface area contributed by atoms with Crippen molar-refractivity contribution >= 4 is 17.5 Å². The second-order valence-electron chi connectivity index (χ2n) is 6.81. The largest absolute Gasteiger partial charge is 0.338 e. The molecule has 2 aromatic rings. The summed E-state index contributed by atoms with van der Waals surface area (Å²) in [6.07, 6.45) is 0.722. The van der Waals surface area contributed by atoms with Gasteiger partial charge in [0.25, 0.3) is 0 Å². The summed E-state index contributed by atoms with van der Waals surface area (Å²) in [6.45, 7) is 3.72. The van der Waals surface area contributed by atoms with Gasteiger partial charge in [-0.15, -0.1) is 0 Å². The number of aryl methyl sites for hydroxylation is 2. The average Bonchev–Trinajstić information content (AvgIpc) is 2.83. The lowest BCUT2D eigenvalue weighted by molar-refractivity contribution is -0.140. The van der Waals surface area contributed by atoms with Gasteiger partial charge in [0, 0.05) is 20.5 Å². The second kappa shape index (κ2) is 6.90. The van der Waals surface area contributed by atoms with Gasteiger partial charge < -0.3 is 10.2 Å². The molecule has 3 rings (SSSR count). The standard InChI is InChI=1S/C19H23FN4O2/c1-11-17(12(2)24(4)22-11)21-19(26)15-8-9-16(25)23(3)18(15)13-6-5-7-14(20)10-13/h5-7,10,15,18H,8-9H2,1-4H3,(H,21,26)/t15-,18+/m0/s1. The highest BCUT2D eigenvalue weighted by molar-refractivity contribution is 5.95. The number of nitrogens with zero attached hydrogens (tertiary/aromatic N) is 3.